The minimum atomic E-state index is -0.439. The van der Waals surface area contributed by atoms with E-state index in [9.17, 15) is 9.59 Å². The minimum Gasteiger partial charge on any atom is -0.354 e. The second-order valence-corrected chi connectivity index (χ2v) is 6.86. The Balaban J connectivity index is 0.00000338. The van der Waals surface area contributed by atoms with Gasteiger partial charge in [0, 0.05) is 6.54 Å². The maximum absolute atomic E-state index is 12.4. The third-order valence-corrected chi connectivity index (χ3v) is 4.69. The van der Waals surface area contributed by atoms with Gasteiger partial charge in [0.2, 0.25) is 11.8 Å². The minimum absolute atomic E-state index is 0. The molecule has 2 rings (SSSR count). The Kier molecular flexibility index (Phi) is 11.0. The van der Waals surface area contributed by atoms with Crippen molar-refractivity contribution in [1.82, 2.24) is 16.0 Å². The molecule has 1 saturated heterocycles. The predicted octanol–water partition coefficient (Wildman–Crippen LogP) is 2.44. The number of benzene rings is 1. The van der Waals surface area contributed by atoms with E-state index in [0.29, 0.717) is 25.3 Å². The van der Waals surface area contributed by atoms with E-state index in [4.69, 9.17) is 0 Å². The van der Waals surface area contributed by atoms with Crippen LogP contribution in [0.3, 0.4) is 0 Å². The molecule has 146 valence electrons. The highest BCUT2D eigenvalue weighted by molar-refractivity contribution is 5.88. The molecule has 6 heteroatoms. The Morgan fingerprint density at radius 2 is 2.04 bits per heavy atom. The smallest absolute Gasteiger partial charge is 0.242 e. The summed E-state index contributed by atoms with van der Waals surface area (Å²) < 4.78 is 0. The van der Waals surface area contributed by atoms with Crippen molar-refractivity contribution in [2.45, 2.75) is 51.5 Å². The Bertz CT molecular complexity index is 533. The molecule has 1 heterocycles. The van der Waals surface area contributed by atoms with Crippen molar-refractivity contribution in [3.05, 3.63) is 35.9 Å². The van der Waals surface area contributed by atoms with Gasteiger partial charge in [-0.25, -0.2) is 0 Å². The highest BCUT2D eigenvalue weighted by Gasteiger charge is 2.20. The van der Waals surface area contributed by atoms with Crippen LogP contribution in [0.4, 0.5) is 0 Å². The normalized spacial score (nSPS) is 17.7. The SMILES string of the molecule is CCCC(NC(=O)Cc1ccccc1)C(=O)NCCC1CCCNC1.Cl. The van der Waals surface area contributed by atoms with E-state index < -0.39 is 6.04 Å². The van der Waals surface area contributed by atoms with Crippen LogP contribution in [0.2, 0.25) is 0 Å². The zero-order valence-corrected chi connectivity index (χ0v) is 16.4. The van der Waals surface area contributed by atoms with E-state index in [-0.39, 0.29) is 24.2 Å². The summed E-state index contributed by atoms with van der Waals surface area (Å²) in [6.45, 7) is 4.86. The zero-order chi connectivity index (χ0) is 17.9. The molecule has 1 fully saturated rings. The average Bonchev–Trinajstić information content (AvgIpc) is 2.63. The largest absolute Gasteiger partial charge is 0.354 e. The number of carbonyl (C=O) groups excluding carboxylic acids is 2. The fourth-order valence-corrected chi connectivity index (χ4v) is 3.28. The third kappa shape index (κ3) is 8.19. The van der Waals surface area contributed by atoms with Crippen LogP contribution in [0, 0.1) is 5.92 Å². The lowest BCUT2D eigenvalue weighted by Gasteiger charge is -2.23. The maximum Gasteiger partial charge on any atom is 0.242 e. The predicted molar refractivity (Wildman–Crippen MR) is 107 cm³/mol. The summed E-state index contributed by atoms with van der Waals surface area (Å²) in [6.07, 6.45) is 5.27. The lowest BCUT2D eigenvalue weighted by molar-refractivity contribution is -0.128. The second kappa shape index (κ2) is 12.7. The van der Waals surface area contributed by atoms with E-state index in [1.54, 1.807) is 0 Å². The highest BCUT2D eigenvalue weighted by Crippen LogP contribution is 2.13. The zero-order valence-electron chi connectivity index (χ0n) is 15.6. The first-order chi connectivity index (χ1) is 12.2. The van der Waals surface area contributed by atoms with Crippen molar-refractivity contribution in [2.75, 3.05) is 19.6 Å². The molecule has 1 aromatic rings. The topological polar surface area (TPSA) is 70.2 Å². The van der Waals surface area contributed by atoms with Crippen LogP contribution in [-0.2, 0) is 16.0 Å². The van der Waals surface area contributed by atoms with E-state index in [1.807, 2.05) is 37.3 Å². The van der Waals surface area contributed by atoms with Crippen LogP contribution in [-0.4, -0.2) is 37.5 Å². The first-order valence-corrected chi connectivity index (χ1v) is 9.50. The second-order valence-electron chi connectivity index (χ2n) is 6.86. The average molecular weight is 382 g/mol. The van der Waals surface area contributed by atoms with Crippen LogP contribution < -0.4 is 16.0 Å². The van der Waals surface area contributed by atoms with E-state index in [0.717, 1.165) is 31.5 Å². The van der Waals surface area contributed by atoms with Crippen LogP contribution in [0.15, 0.2) is 30.3 Å². The summed E-state index contributed by atoms with van der Waals surface area (Å²) >= 11 is 0. The van der Waals surface area contributed by atoms with Gasteiger partial charge in [-0.3, -0.25) is 9.59 Å². The number of nitrogens with one attached hydrogen (secondary N) is 3. The summed E-state index contributed by atoms with van der Waals surface area (Å²) in [4.78, 5) is 24.6. The monoisotopic (exact) mass is 381 g/mol. The van der Waals surface area contributed by atoms with E-state index in [2.05, 4.69) is 16.0 Å². The molecular formula is C20H32ClN3O2. The number of piperidine rings is 1. The maximum atomic E-state index is 12.4. The molecule has 0 radical (unpaired) electrons. The lowest BCUT2D eigenvalue weighted by Crippen LogP contribution is -2.47. The summed E-state index contributed by atoms with van der Waals surface area (Å²) in [5.74, 6) is 0.481. The van der Waals surface area contributed by atoms with Crippen LogP contribution >= 0.6 is 12.4 Å². The van der Waals surface area contributed by atoms with Crippen molar-refractivity contribution in [3.8, 4) is 0 Å². The first-order valence-electron chi connectivity index (χ1n) is 9.50. The molecular weight excluding hydrogens is 350 g/mol. The molecule has 3 N–H and O–H groups in total. The van der Waals surface area contributed by atoms with Crippen molar-refractivity contribution >= 4 is 24.2 Å². The van der Waals surface area contributed by atoms with Gasteiger partial charge >= 0.3 is 0 Å². The van der Waals surface area contributed by atoms with Crippen LogP contribution in [0.5, 0.6) is 0 Å². The summed E-state index contributed by atoms with van der Waals surface area (Å²) in [5, 5.41) is 9.29. The quantitative estimate of drug-likeness (QED) is 0.615. The van der Waals surface area contributed by atoms with Gasteiger partial charge in [-0.15, -0.1) is 12.4 Å². The molecule has 5 nitrogen and oxygen atoms in total. The number of hydrogen-bond acceptors (Lipinski definition) is 3. The fourth-order valence-electron chi connectivity index (χ4n) is 3.28. The first kappa shape index (κ1) is 22.5. The summed E-state index contributed by atoms with van der Waals surface area (Å²) in [5.41, 5.74) is 0.959. The van der Waals surface area contributed by atoms with Crippen molar-refractivity contribution < 1.29 is 9.59 Å². The van der Waals surface area contributed by atoms with Gasteiger partial charge in [-0.2, -0.15) is 0 Å². The molecule has 0 spiro atoms. The molecule has 1 aliphatic heterocycles. The fraction of sp³-hybridized carbons (Fsp3) is 0.600. The van der Waals surface area contributed by atoms with Gasteiger partial charge in [0.15, 0.2) is 0 Å². The Morgan fingerprint density at radius 3 is 2.69 bits per heavy atom. The molecule has 1 aromatic carbocycles. The molecule has 2 atom stereocenters. The van der Waals surface area contributed by atoms with E-state index >= 15 is 0 Å². The van der Waals surface area contributed by atoms with Crippen molar-refractivity contribution in [1.29, 1.82) is 0 Å². The Morgan fingerprint density at radius 1 is 1.27 bits per heavy atom. The molecule has 0 saturated carbocycles. The number of rotatable bonds is 9. The lowest BCUT2D eigenvalue weighted by atomic mass is 9.96. The highest BCUT2D eigenvalue weighted by atomic mass is 35.5. The molecule has 0 bridgehead atoms. The summed E-state index contributed by atoms with van der Waals surface area (Å²) in [6, 6.07) is 9.17. The van der Waals surface area contributed by atoms with Gasteiger partial charge in [0.1, 0.15) is 6.04 Å². The molecule has 0 aromatic heterocycles. The molecule has 1 aliphatic rings. The van der Waals surface area contributed by atoms with Gasteiger partial charge in [0.25, 0.3) is 0 Å². The standard InChI is InChI=1S/C20H31N3O2.ClH/c1-2-7-18(23-19(24)14-16-8-4-3-5-9-16)20(25)22-13-11-17-10-6-12-21-15-17;/h3-5,8-9,17-18,21H,2,6-7,10-15H2,1H3,(H,22,25)(H,23,24);1H. The summed E-state index contributed by atoms with van der Waals surface area (Å²) in [7, 11) is 0. The van der Waals surface area contributed by atoms with Crippen LogP contribution in [0.25, 0.3) is 0 Å². The molecule has 2 amide bonds. The van der Waals surface area contributed by atoms with Crippen molar-refractivity contribution in [2.24, 2.45) is 5.92 Å². The number of carbonyl (C=O) groups is 2. The van der Waals surface area contributed by atoms with E-state index in [1.165, 1.54) is 12.8 Å². The molecule has 26 heavy (non-hydrogen) atoms. The van der Waals surface area contributed by atoms with Crippen molar-refractivity contribution in [3.63, 3.8) is 0 Å². The third-order valence-electron chi connectivity index (χ3n) is 4.69. The number of hydrogen-bond donors (Lipinski definition) is 3. The number of amides is 2. The van der Waals surface area contributed by atoms with Gasteiger partial charge in [0.05, 0.1) is 6.42 Å². The Hall–Kier alpha value is -1.59. The van der Waals surface area contributed by atoms with Gasteiger partial charge in [-0.05, 0) is 50.3 Å². The van der Waals surface area contributed by atoms with Gasteiger partial charge in [-0.1, -0.05) is 43.7 Å². The number of halogens is 1. The molecule has 2 unspecified atom stereocenters. The van der Waals surface area contributed by atoms with Gasteiger partial charge < -0.3 is 16.0 Å². The van der Waals surface area contributed by atoms with Crippen LogP contribution in [0.1, 0.15) is 44.6 Å². The Labute approximate surface area is 163 Å². The molecule has 0 aliphatic carbocycles.